The number of benzene rings is 1. The van der Waals surface area contributed by atoms with Crippen LogP contribution in [0, 0.1) is 3.70 Å². The predicted octanol–water partition coefficient (Wildman–Crippen LogP) is 3.90. The number of carbonyl (C=O) groups excluding carboxylic acids is 1. The highest BCUT2D eigenvalue weighted by Gasteiger charge is 2.10. The Labute approximate surface area is 158 Å². The summed E-state index contributed by atoms with van der Waals surface area (Å²) >= 11 is 4.97. The molecule has 9 heteroatoms. The second kappa shape index (κ2) is 6.65. The summed E-state index contributed by atoms with van der Waals surface area (Å²) in [7, 11) is 0. The van der Waals surface area contributed by atoms with Crippen LogP contribution >= 0.6 is 45.7 Å². The van der Waals surface area contributed by atoms with E-state index in [9.17, 15) is 4.79 Å². The van der Waals surface area contributed by atoms with Gasteiger partial charge in [0.05, 0.1) is 33.2 Å². The van der Waals surface area contributed by atoms with Crippen LogP contribution in [-0.2, 0) is 4.79 Å². The van der Waals surface area contributed by atoms with E-state index >= 15 is 0 Å². The molecule has 1 aromatic carbocycles. The van der Waals surface area contributed by atoms with Crippen molar-refractivity contribution >= 4 is 78.0 Å². The number of anilines is 1. The van der Waals surface area contributed by atoms with Gasteiger partial charge in [0.25, 0.3) is 0 Å². The second-order valence-corrected chi connectivity index (χ2v) is 7.99. The molecule has 0 aliphatic rings. The van der Waals surface area contributed by atoms with Gasteiger partial charge in [-0.05, 0) is 40.8 Å². The number of thioether (sulfide) groups is 1. The molecule has 3 aromatic heterocycles. The Hall–Kier alpha value is -1.72. The van der Waals surface area contributed by atoms with Crippen molar-refractivity contribution in [2.24, 2.45) is 0 Å². The van der Waals surface area contributed by atoms with E-state index in [-0.39, 0.29) is 11.7 Å². The molecule has 0 radical (unpaired) electrons. The van der Waals surface area contributed by atoms with Gasteiger partial charge < -0.3 is 10.3 Å². The van der Waals surface area contributed by atoms with Crippen LogP contribution in [0.5, 0.6) is 0 Å². The number of rotatable bonds is 4. The largest absolute Gasteiger partial charge is 0.332 e. The summed E-state index contributed by atoms with van der Waals surface area (Å²) in [6, 6.07) is 9.71. The summed E-state index contributed by atoms with van der Waals surface area (Å²) in [5, 5.41) is 4.15. The molecule has 24 heavy (non-hydrogen) atoms. The summed E-state index contributed by atoms with van der Waals surface area (Å²) in [6.45, 7) is 0. The Morgan fingerprint density at radius 2 is 2.17 bits per heavy atom. The third kappa shape index (κ3) is 3.37. The van der Waals surface area contributed by atoms with Crippen molar-refractivity contribution in [2.45, 2.75) is 5.16 Å². The summed E-state index contributed by atoms with van der Waals surface area (Å²) in [4.78, 5) is 28.3. The van der Waals surface area contributed by atoms with E-state index < -0.39 is 0 Å². The first kappa shape index (κ1) is 15.8. The molecule has 3 heterocycles. The number of aromatic amines is 1. The lowest BCUT2D eigenvalue weighted by atomic mass is 10.3. The summed E-state index contributed by atoms with van der Waals surface area (Å²) in [6.07, 6.45) is 1.75. The lowest BCUT2D eigenvalue weighted by molar-refractivity contribution is -0.113. The zero-order chi connectivity index (χ0) is 16.5. The molecule has 0 atom stereocenters. The van der Waals surface area contributed by atoms with Gasteiger partial charge in [0.1, 0.15) is 3.70 Å². The van der Waals surface area contributed by atoms with Crippen LogP contribution in [0.15, 0.2) is 41.7 Å². The molecule has 0 aliphatic heterocycles. The number of aromatic nitrogens is 4. The number of nitrogens with one attached hydrogen (secondary N) is 2. The minimum absolute atomic E-state index is 0.104. The van der Waals surface area contributed by atoms with Gasteiger partial charge >= 0.3 is 0 Å². The van der Waals surface area contributed by atoms with Crippen molar-refractivity contribution in [1.29, 1.82) is 0 Å². The Balaban J connectivity index is 1.41. The first-order valence-electron chi connectivity index (χ1n) is 6.97. The van der Waals surface area contributed by atoms with Gasteiger partial charge in [0.2, 0.25) is 5.91 Å². The minimum atomic E-state index is -0.104. The number of imidazole rings is 1. The molecular formula is C15H10IN5OS2. The number of hydrogen-bond donors (Lipinski definition) is 2. The van der Waals surface area contributed by atoms with Crippen LogP contribution < -0.4 is 5.32 Å². The lowest BCUT2D eigenvalue weighted by Crippen LogP contribution is -2.13. The molecule has 0 saturated heterocycles. The van der Waals surface area contributed by atoms with E-state index in [4.69, 9.17) is 0 Å². The molecule has 4 aromatic rings. The zero-order valence-electron chi connectivity index (χ0n) is 12.1. The topological polar surface area (TPSA) is 83.6 Å². The molecule has 4 rings (SSSR count). The van der Waals surface area contributed by atoms with Gasteiger partial charge in [0.15, 0.2) is 10.3 Å². The Morgan fingerprint density at radius 1 is 1.29 bits per heavy atom. The molecule has 0 fully saturated rings. The van der Waals surface area contributed by atoms with Crippen molar-refractivity contribution in [3.05, 3.63) is 40.2 Å². The van der Waals surface area contributed by atoms with Gasteiger partial charge in [0, 0.05) is 0 Å². The SMILES string of the molecule is O=C(CSc1nc2cc(I)ncc2[nH]1)Nc1nc2ccccc2s1. The fraction of sp³-hybridized carbons (Fsp3) is 0.0667. The number of halogens is 1. The van der Waals surface area contributed by atoms with Crippen LogP contribution in [0.4, 0.5) is 5.13 Å². The third-order valence-electron chi connectivity index (χ3n) is 3.19. The maximum absolute atomic E-state index is 12.1. The zero-order valence-corrected chi connectivity index (χ0v) is 15.9. The van der Waals surface area contributed by atoms with E-state index in [1.165, 1.54) is 23.1 Å². The number of para-hydroxylation sites is 1. The second-order valence-electron chi connectivity index (χ2n) is 4.89. The van der Waals surface area contributed by atoms with Crippen molar-refractivity contribution in [3.8, 4) is 0 Å². The van der Waals surface area contributed by atoms with E-state index in [0.717, 1.165) is 25.0 Å². The Bertz CT molecular complexity index is 1010. The van der Waals surface area contributed by atoms with Gasteiger partial charge in [-0.25, -0.2) is 15.0 Å². The molecule has 0 saturated carbocycles. The number of fused-ring (bicyclic) bond motifs is 2. The van der Waals surface area contributed by atoms with E-state index in [2.05, 4.69) is 47.8 Å². The molecule has 0 spiro atoms. The number of nitrogens with zero attached hydrogens (tertiary/aromatic N) is 3. The standard InChI is InChI=1S/C15H10IN5OS2/c16-12-5-9-10(6-17-12)20-14(19-9)23-7-13(22)21-15-18-8-3-1-2-4-11(8)24-15/h1-6H,7H2,(H,19,20)(H,18,21,22). The number of hydrogen-bond acceptors (Lipinski definition) is 6. The quantitative estimate of drug-likeness (QED) is 0.270. The van der Waals surface area contributed by atoms with Gasteiger partial charge in [-0.3, -0.25) is 4.79 Å². The van der Waals surface area contributed by atoms with E-state index in [0.29, 0.717) is 10.3 Å². The minimum Gasteiger partial charge on any atom is -0.332 e. The van der Waals surface area contributed by atoms with Gasteiger partial charge in [-0.2, -0.15) is 0 Å². The van der Waals surface area contributed by atoms with E-state index in [1.807, 2.05) is 30.3 Å². The number of pyridine rings is 1. The first-order chi connectivity index (χ1) is 11.7. The Morgan fingerprint density at radius 3 is 3.04 bits per heavy atom. The highest BCUT2D eigenvalue weighted by molar-refractivity contribution is 14.1. The summed E-state index contributed by atoms with van der Waals surface area (Å²) in [5.74, 6) is 0.160. The fourth-order valence-corrected chi connectivity index (χ4v) is 4.15. The van der Waals surface area contributed by atoms with Crippen molar-refractivity contribution < 1.29 is 4.79 Å². The fourth-order valence-electron chi connectivity index (χ4n) is 2.14. The molecule has 0 bridgehead atoms. The molecule has 0 aliphatic carbocycles. The van der Waals surface area contributed by atoms with E-state index in [1.54, 1.807) is 6.20 Å². The van der Waals surface area contributed by atoms with Crippen LogP contribution in [-0.4, -0.2) is 31.6 Å². The molecule has 2 N–H and O–H groups in total. The summed E-state index contributed by atoms with van der Waals surface area (Å²) in [5.41, 5.74) is 2.61. The average molecular weight is 467 g/mol. The first-order valence-corrected chi connectivity index (χ1v) is 9.85. The highest BCUT2D eigenvalue weighted by atomic mass is 127. The van der Waals surface area contributed by atoms with Crippen LogP contribution in [0.3, 0.4) is 0 Å². The average Bonchev–Trinajstić information content (AvgIpc) is 3.15. The normalized spacial score (nSPS) is 11.2. The van der Waals surface area contributed by atoms with Gasteiger partial charge in [-0.15, -0.1) is 0 Å². The molecule has 120 valence electrons. The maximum atomic E-state index is 12.1. The van der Waals surface area contributed by atoms with Crippen molar-refractivity contribution in [3.63, 3.8) is 0 Å². The Kier molecular flexibility index (Phi) is 4.37. The number of H-pyrrole nitrogens is 1. The molecule has 6 nitrogen and oxygen atoms in total. The summed E-state index contributed by atoms with van der Waals surface area (Å²) < 4.78 is 1.94. The van der Waals surface area contributed by atoms with Crippen molar-refractivity contribution in [1.82, 2.24) is 19.9 Å². The number of carbonyl (C=O) groups is 1. The molecule has 0 unspecified atom stereocenters. The number of amides is 1. The third-order valence-corrected chi connectivity index (χ3v) is 5.61. The predicted molar refractivity (Wildman–Crippen MR) is 106 cm³/mol. The van der Waals surface area contributed by atoms with Gasteiger partial charge in [-0.1, -0.05) is 35.2 Å². The van der Waals surface area contributed by atoms with Crippen molar-refractivity contribution in [2.75, 3.05) is 11.1 Å². The lowest BCUT2D eigenvalue weighted by Gasteiger charge is -1.99. The van der Waals surface area contributed by atoms with Crippen LogP contribution in [0.25, 0.3) is 21.3 Å². The van der Waals surface area contributed by atoms with Crippen LogP contribution in [0.1, 0.15) is 0 Å². The smallest absolute Gasteiger partial charge is 0.236 e. The maximum Gasteiger partial charge on any atom is 0.236 e. The monoisotopic (exact) mass is 467 g/mol. The molecular weight excluding hydrogens is 457 g/mol. The highest BCUT2D eigenvalue weighted by Crippen LogP contribution is 2.26. The van der Waals surface area contributed by atoms with Crippen LogP contribution in [0.2, 0.25) is 0 Å². The number of thiazole rings is 1. The molecule has 1 amide bonds.